The molecule has 3 rings (SSSR count). The van der Waals surface area contributed by atoms with Crippen molar-refractivity contribution in [1.29, 1.82) is 0 Å². The second-order valence-corrected chi connectivity index (χ2v) is 19.9. The maximum Gasteiger partial charge on any atom is 0.407 e. The van der Waals surface area contributed by atoms with Gasteiger partial charge in [-0.2, -0.15) is 8.78 Å². The third-order valence-corrected chi connectivity index (χ3v) is 12.1. The molecule has 1 aromatic heterocycles. The van der Waals surface area contributed by atoms with E-state index in [1.54, 1.807) is 11.3 Å². The van der Waals surface area contributed by atoms with Gasteiger partial charge in [-0.25, -0.2) is 18.6 Å². The van der Waals surface area contributed by atoms with Gasteiger partial charge in [-0.1, -0.05) is 13.3 Å². The molecule has 20 nitrogen and oxygen atoms in total. The molecule has 0 saturated heterocycles. The normalized spacial score (nSPS) is 13.0. The van der Waals surface area contributed by atoms with Crippen LogP contribution in [0.5, 0.6) is 5.75 Å². The van der Waals surface area contributed by atoms with Crippen molar-refractivity contribution < 1.29 is 89.2 Å². The Bertz CT molecular complexity index is 2070. The Labute approximate surface area is 460 Å². The largest absolute Gasteiger partial charge is 0.444 e. The SMILES string of the molecule is CCCN(CCCNC(=O)OC(C)(C)C)C(=O)C1=Cc2sc(CCCCCN(C)CCOCCOC(CO)OCCOCCOCCOCCOCCOCCOCCC(=O)Oc3c(F)c(F)cc(F)c3F)cc2N=C(N)C1. The van der Waals surface area contributed by atoms with Gasteiger partial charge >= 0.3 is 12.1 Å². The smallest absolute Gasteiger partial charge is 0.407 e. The lowest BCUT2D eigenvalue weighted by Crippen LogP contribution is -2.37. The number of aliphatic imine (C=N–C) groups is 1. The summed E-state index contributed by atoms with van der Waals surface area (Å²) in [6, 6.07) is 2.10. The van der Waals surface area contributed by atoms with E-state index in [0.29, 0.717) is 104 Å². The van der Waals surface area contributed by atoms with Gasteiger partial charge in [0, 0.05) is 49.1 Å². The number of rotatable bonds is 44. The number of unbranched alkanes of at least 4 members (excludes halogenated alkanes) is 2. The maximum atomic E-state index is 13.7. The number of carbonyl (C=O) groups excluding carboxylic acids is 3. The quantitative estimate of drug-likeness (QED) is 0.0164. The van der Waals surface area contributed by atoms with Crippen molar-refractivity contribution in [2.75, 3.05) is 152 Å². The van der Waals surface area contributed by atoms with Crippen molar-refractivity contribution in [3.05, 3.63) is 50.7 Å². The highest BCUT2D eigenvalue weighted by Gasteiger charge is 2.25. The number of aliphatic hydroxyl groups is 1. The van der Waals surface area contributed by atoms with Crippen molar-refractivity contribution in [3.63, 3.8) is 0 Å². The van der Waals surface area contributed by atoms with E-state index in [1.165, 1.54) is 4.88 Å². The van der Waals surface area contributed by atoms with Gasteiger partial charge in [0.15, 0.2) is 17.9 Å². The first-order valence-corrected chi connectivity index (χ1v) is 27.4. The van der Waals surface area contributed by atoms with Crippen LogP contribution in [0.15, 0.2) is 22.7 Å². The molecule has 1 unspecified atom stereocenters. The predicted molar refractivity (Wildman–Crippen MR) is 284 cm³/mol. The van der Waals surface area contributed by atoms with Gasteiger partial charge in [0.25, 0.3) is 0 Å². The number of aryl methyl sites for hydroxylation is 1. The molecular formula is C53H83F4N5O15S. The van der Waals surface area contributed by atoms with Gasteiger partial charge < -0.3 is 78.1 Å². The average Bonchev–Trinajstić information content (AvgIpc) is 3.71. The Morgan fingerprint density at radius 1 is 0.731 bits per heavy atom. The number of hydrogen-bond acceptors (Lipinski definition) is 19. The van der Waals surface area contributed by atoms with E-state index in [0.717, 1.165) is 55.8 Å². The van der Waals surface area contributed by atoms with Gasteiger partial charge in [-0.15, -0.1) is 11.3 Å². The molecule has 1 atom stereocenters. The number of benzene rings is 1. The van der Waals surface area contributed by atoms with Crippen LogP contribution in [0.25, 0.3) is 6.08 Å². The van der Waals surface area contributed by atoms with Gasteiger partial charge in [0.2, 0.25) is 23.3 Å². The molecule has 4 N–H and O–H groups in total. The number of nitrogens with two attached hydrogens (primary N) is 1. The number of esters is 1. The molecule has 25 heteroatoms. The fraction of sp³-hybridized carbons (Fsp3) is 0.698. The fourth-order valence-electron chi connectivity index (χ4n) is 7.14. The van der Waals surface area contributed by atoms with Gasteiger partial charge in [-0.3, -0.25) is 9.59 Å². The number of likely N-dealkylation sites (N-methyl/N-ethyl adjacent to an activating group) is 1. The molecule has 0 saturated carbocycles. The van der Waals surface area contributed by atoms with Crippen LogP contribution in [0, 0.1) is 23.3 Å². The summed E-state index contributed by atoms with van der Waals surface area (Å²) in [5.74, 6) is -9.19. The number of amidine groups is 1. The van der Waals surface area contributed by atoms with Crippen molar-refractivity contribution in [3.8, 4) is 5.75 Å². The molecule has 78 heavy (non-hydrogen) atoms. The number of halogens is 4. The molecule has 2 aromatic rings. The van der Waals surface area contributed by atoms with Crippen molar-refractivity contribution in [2.24, 2.45) is 10.7 Å². The number of amides is 2. The predicted octanol–water partition coefficient (Wildman–Crippen LogP) is 6.34. The first kappa shape index (κ1) is 67.9. The zero-order valence-electron chi connectivity index (χ0n) is 46.0. The number of hydrogen-bond donors (Lipinski definition) is 3. The molecule has 1 aliphatic heterocycles. The summed E-state index contributed by atoms with van der Waals surface area (Å²) < 4.78 is 113. The van der Waals surface area contributed by atoms with Crippen LogP contribution in [0.2, 0.25) is 0 Å². The molecule has 2 heterocycles. The van der Waals surface area contributed by atoms with E-state index >= 15 is 0 Å². The lowest BCUT2D eigenvalue weighted by atomic mass is 10.1. The molecule has 0 aliphatic carbocycles. The monoisotopic (exact) mass is 1140 g/mol. The van der Waals surface area contributed by atoms with Gasteiger partial charge in [-0.05, 0) is 78.6 Å². The van der Waals surface area contributed by atoms with E-state index in [4.69, 9.17) is 53.1 Å². The number of ether oxygens (including phenoxy) is 11. The highest BCUT2D eigenvalue weighted by atomic mass is 32.1. The first-order chi connectivity index (χ1) is 37.5. The highest BCUT2D eigenvalue weighted by molar-refractivity contribution is 7.13. The van der Waals surface area contributed by atoms with Crippen LogP contribution < -0.4 is 15.8 Å². The minimum atomic E-state index is -1.80. The second-order valence-electron chi connectivity index (χ2n) is 18.8. The Hall–Kier alpha value is -4.38. The summed E-state index contributed by atoms with van der Waals surface area (Å²) in [7, 11) is 2.07. The summed E-state index contributed by atoms with van der Waals surface area (Å²) >= 11 is 1.66. The Morgan fingerprint density at radius 2 is 1.28 bits per heavy atom. The van der Waals surface area contributed by atoms with Crippen LogP contribution in [0.1, 0.15) is 82.4 Å². The number of fused-ring (bicyclic) bond motifs is 1. The topological polar surface area (TPSA) is 230 Å². The summed E-state index contributed by atoms with van der Waals surface area (Å²) in [5.41, 5.74) is 7.15. The van der Waals surface area contributed by atoms with Crippen LogP contribution >= 0.6 is 11.3 Å². The molecule has 2 amide bonds. The molecule has 1 aromatic carbocycles. The van der Waals surface area contributed by atoms with Gasteiger partial charge in [0.1, 0.15) is 11.4 Å². The highest BCUT2D eigenvalue weighted by Crippen LogP contribution is 2.36. The molecule has 0 bridgehead atoms. The molecular weight excluding hydrogens is 1050 g/mol. The molecule has 0 spiro atoms. The zero-order valence-corrected chi connectivity index (χ0v) is 46.8. The number of carbonyl (C=O) groups is 3. The number of nitrogens with zero attached hydrogens (tertiary/aromatic N) is 3. The minimum Gasteiger partial charge on any atom is -0.444 e. The van der Waals surface area contributed by atoms with E-state index in [9.17, 15) is 37.1 Å². The first-order valence-electron chi connectivity index (χ1n) is 26.5. The summed E-state index contributed by atoms with van der Waals surface area (Å²) in [4.78, 5) is 48.3. The Morgan fingerprint density at radius 3 is 1.83 bits per heavy atom. The summed E-state index contributed by atoms with van der Waals surface area (Å²) in [6.07, 6.45) is 6.01. The summed E-state index contributed by atoms with van der Waals surface area (Å²) in [5, 5.41) is 12.4. The second kappa shape index (κ2) is 39.9. The van der Waals surface area contributed by atoms with Crippen molar-refractivity contribution in [2.45, 2.75) is 91.0 Å². The third-order valence-electron chi connectivity index (χ3n) is 11.0. The average molecular weight is 1140 g/mol. The third kappa shape index (κ3) is 29.7. The lowest BCUT2D eigenvalue weighted by Gasteiger charge is -2.24. The number of alkyl carbamates (subject to hydrolysis) is 1. The Kier molecular flexibility index (Phi) is 34.7. The minimum absolute atomic E-state index is 0.0137. The Balaban J connectivity index is 1.09. The lowest BCUT2D eigenvalue weighted by molar-refractivity contribution is -0.175. The number of thiophene rings is 1. The van der Waals surface area contributed by atoms with Crippen LogP contribution in [0.3, 0.4) is 0 Å². The van der Waals surface area contributed by atoms with E-state index in [2.05, 4.69) is 33.1 Å². The molecule has 1 aliphatic rings. The maximum absolute atomic E-state index is 13.7. The van der Waals surface area contributed by atoms with E-state index in [1.807, 2.05) is 38.7 Å². The zero-order chi connectivity index (χ0) is 57.0. The van der Waals surface area contributed by atoms with Crippen molar-refractivity contribution >= 4 is 46.9 Å². The van der Waals surface area contributed by atoms with Crippen molar-refractivity contribution in [1.82, 2.24) is 15.1 Å². The number of nitrogens with one attached hydrogen (secondary N) is 1. The molecule has 0 fully saturated rings. The fourth-order valence-corrected chi connectivity index (χ4v) is 8.25. The van der Waals surface area contributed by atoms with Crippen LogP contribution in [-0.2, 0) is 63.4 Å². The molecule has 444 valence electrons. The molecule has 0 radical (unpaired) electrons. The van der Waals surface area contributed by atoms with Crippen LogP contribution in [-0.4, -0.2) is 203 Å². The number of aliphatic hydroxyl groups excluding tert-OH is 1. The van der Waals surface area contributed by atoms with E-state index < -0.39 is 59.4 Å². The van der Waals surface area contributed by atoms with Gasteiger partial charge in [0.05, 0.1) is 129 Å². The van der Waals surface area contributed by atoms with Crippen LogP contribution in [0.4, 0.5) is 28.0 Å². The van der Waals surface area contributed by atoms with E-state index in [-0.39, 0.29) is 64.6 Å². The standard InChI is InChI=1S/C53H83F4N5O15S/c1-6-14-62(16-10-13-59-52(66)77-53(2,3)4)51(65)39-34-44-43(60-45(58)35-39)36-40(78-44)11-8-7-9-15-61(5)17-19-68-30-32-74-47(38-63)75-33-31-73-29-28-72-27-26-71-25-24-70-23-22-69-21-20-67-18-12-46(64)76-50-48(56)41(54)37-42(55)49(50)57/h34,36-37,47,63H,6-33,35,38H2,1-5H3,(H2,58,60)(H,59,66). The summed E-state index contributed by atoms with van der Waals surface area (Å²) in [6.45, 7) is 15.0.